The summed E-state index contributed by atoms with van der Waals surface area (Å²) in [6.45, 7) is 6.54. The van der Waals surface area contributed by atoms with Crippen LogP contribution in [0.4, 0.5) is 5.82 Å². The maximum Gasteiger partial charge on any atom is 0.223 e. The van der Waals surface area contributed by atoms with Crippen LogP contribution in [0.1, 0.15) is 59.6 Å². The molecule has 0 atom stereocenters. The SMILES string of the molecule is Cc1nc(CN2CCN(c3nc(C4CC4)nc4sc5c(c34)CCCC5)CC2)no1. The van der Waals surface area contributed by atoms with Gasteiger partial charge in [0.15, 0.2) is 5.82 Å². The van der Waals surface area contributed by atoms with Crippen LogP contribution in [0.2, 0.25) is 0 Å². The largest absolute Gasteiger partial charge is 0.353 e. The van der Waals surface area contributed by atoms with Crippen molar-refractivity contribution >= 4 is 27.4 Å². The molecule has 3 aliphatic rings. The van der Waals surface area contributed by atoms with Crippen molar-refractivity contribution in [3.05, 3.63) is 28.0 Å². The lowest BCUT2D eigenvalue weighted by molar-refractivity contribution is 0.239. The first-order valence-electron chi connectivity index (χ1n) is 10.8. The maximum absolute atomic E-state index is 5.14. The highest BCUT2D eigenvalue weighted by Gasteiger charge is 2.31. The van der Waals surface area contributed by atoms with Gasteiger partial charge >= 0.3 is 0 Å². The van der Waals surface area contributed by atoms with Crippen molar-refractivity contribution in [3.8, 4) is 0 Å². The molecule has 3 aromatic heterocycles. The molecule has 4 heterocycles. The molecular weight excluding hydrogens is 384 g/mol. The van der Waals surface area contributed by atoms with Gasteiger partial charge in [-0.3, -0.25) is 4.90 Å². The van der Waals surface area contributed by atoms with Crippen molar-refractivity contribution in [2.75, 3.05) is 31.1 Å². The summed E-state index contributed by atoms with van der Waals surface area (Å²) in [6.07, 6.45) is 7.49. The van der Waals surface area contributed by atoms with Gasteiger partial charge in [0.25, 0.3) is 0 Å². The quantitative estimate of drug-likeness (QED) is 0.652. The van der Waals surface area contributed by atoms with E-state index >= 15 is 0 Å². The number of fused-ring (bicyclic) bond motifs is 3. The second-order valence-corrected chi connectivity index (χ2v) is 9.65. The zero-order valence-electron chi connectivity index (χ0n) is 16.9. The Morgan fingerprint density at radius 3 is 2.62 bits per heavy atom. The maximum atomic E-state index is 5.14. The zero-order chi connectivity index (χ0) is 19.4. The number of piperazine rings is 1. The van der Waals surface area contributed by atoms with E-state index in [-0.39, 0.29) is 0 Å². The van der Waals surface area contributed by atoms with Crippen molar-refractivity contribution in [3.63, 3.8) is 0 Å². The van der Waals surface area contributed by atoms with Gasteiger partial charge in [-0.25, -0.2) is 9.97 Å². The van der Waals surface area contributed by atoms with Crippen molar-refractivity contribution in [1.82, 2.24) is 25.0 Å². The molecule has 1 aliphatic heterocycles. The predicted molar refractivity (Wildman–Crippen MR) is 113 cm³/mol. The lowest BCUT2D eigenvalue weighted by Gasteiger charge is -2.35. The Labute approximate surface area is 174 Å². The van der Waals surface area contributed by atoms with Crippen LogP contribution in [0.3, 0.4) is 0 Å². The first-order chi connectivity index (χ1) is 14.2. The summed E-state index contributed by atoms with van der Waals surface area (Å²) >= 11 is 1.93. The second-order valence-electron chi connectivity index (χ2n) is 8.56. The first kappa shape index (κ1) is 17.8. The van der Waals surface area contributed by atoms with Crippen LogP contribution >= 0.6 is 11.3 Å². The van der Waals surface area contributed by atoms with Crippen molar-refractivity contribution in [2.24, 2.45) is 0 Å². The molecule has 0 amide bonds. The second kappa shape index (κ2) is 7.02. The average molecular weight is 411 g/mol. The smallest absolute Gasteiger partial charge is 0.223 e. The molecule has 0 radical (unpaired) electrons. The molecule has 0 bridgehead atoms. The van der Waals surface area contributed by atoms with E-state index in [1.807, 2.05) is 18.3 Å². The Balaban J connectivity index is 1.29. The molecule has 0 unspecified atom stereocenters. The number of hydrogen-bond donors (Lipinski definition) is 0. The summed E-state index contributed by atoms with van der Waals surface area (Å²) in [5, 5.41) is 5.40. The van der Waals surface area contributed by atoms with E-state index in [2.05, 4.69) is 19.9 Å². The van der Waals surface area contributed by atoms with E-state index in [1.54, 1.807) is 10.4 Å². The standard InChI is InChI=1S/C21H26N6OS/c1-13-22-17(25-28-13)12-26-8-10-27(11-9-26)20-18-15-4-2-3-5-16(15)29-21(18)24-19(23-20)14-6-7-14/h14H,2-12H2,1H3. The first-order valence-corrected chi connectivity index (χ1v) is 11.6. The van der Waals surface area contributed by atoms with Gasteiger partial charge < -0.3 is 9.42 Å². The molecule has 0 aromatic carbocycles. The van der Waals surface area contributed by atoms with Crippen molar-refractivity contribution in [1.29, 1.82) is 0 Å². The van der Waals surface area contributed by atoms with Crippen LogP contribution < -0.4 is 4.90 Å². The molecule has 1 saturated heterocycles. The number of aromatic nitrogens is 4. The lowest BCUT2D eigenvalue weighted by atomic mass is 9.97. The Morgan fingerprint density at radius 2 is 1.86 bits per heavy atom. The normalized spacial score (nSPS) is 20.4. The molecule has 2 fully saturated rings. The van der Waals surface area contributed by atoms with Gasteiger partial charge in [-0.2, -0.15) is 4.98 Å². The minimum absolute atomic E-state index is 0.583. The highest BCUT2D eigenvalue weighted by atomic mass is 32.1. The van der Waals surface area contributed by atoms with E-state index < -0.39 is 0 Å². The van der Waals surface area contributed by atoms with Crippen LogP contribution in [0.5, 0.6) is 0 Å². The number of thiophene rings is 1. The predicted octanol–water partition coefficient (Wildman–Crippen LogP) is 3.46. The van der Waals surface area contributed by atoms with E-state index in [9.17, 15) is 0 Å². The third-order valence-electron chi connectivity index (χ3n) is 6.36. The Bertz CT molecular complexity index is 1050. The van der Waals surface area contributed by atoms with Gasteiger partial charge in [0.05, 0.1) is 11.9 Å². The lowest BCUT2D eigenvalue weighted by Crippen LogP contribution is -2.46. The molecule has 152 valence electrons. The van der Waals surface area contributed by atoms with Gasteiger partial charge in [0, 0.05) is 43.9 Å². The molecule has 0 spiro atoms. The van der Waals surface area contributed by atoms with Crippen LogP contribution in [-0.2, 0) is 19.4 Å². The number of aryl methyl sites for hydroxylation is 3. The number of nitrogens with zero attached hydrogens (tertiary/aromatic N) is 6. The van der Waals surface area contributed by atoms with Crippen LogP contribution in [0.25, 0.3) is 10.2 Å². The van der Waals surface area contributed by atoms with Gasteiger partial charge in [-0.1, -0.05) is 5.16 Å². The fraction of sp³-hybridized carbons (Fsp3) is 0.619. The Kier molecular flexibility index (Phi) is 4.30. The third kappa shape index (κ3) is 3.32. The minimum Gasteiger partial charge on any atom is -0.353 e. The fourth-order valence-corrected chi connectivity index (χ4v) is 5.89. The Hall–Kier alpha value is -2.06. The van der Waals surface area contributed by atoms with E-state index in [0.29, 0.717) is 11.8 Å². The average Bonchev–Trinajstić information content (AvgIpc) is 3.41. The number of anilines is 1. The molecular formula is C21H26N6OS. The van der Waals surface area contributed by atoms with Crippen molar-refractivity contribution < 1.29 is 4.52 Å². The van der Waals surface area contributed by atoms with Gasteiger partial charge in [-0.15, -0.1) is 11.3 Å². The van der Waals surface area contributed by atoms with Crippen molar-refractivity contribution in [2.45, 2.75) is 57.9 Å². The van der Waals surface area contributed by atoms with Gasteiger partial charge in [0.2, 0.25) is 5.89 Å². The summed E-state index contributed by atoms with van der Waals surface area (Å²) in [4.78, 5) is 22.2. The monoisotopic (exact) mass is 410 g/mol. The van der Waals surface area contributed by atoms with Crippen LogP contribution in [0, 0.1) is 6.92 Å². The third-order valence-corrected chi connectivity index (χ3v) is 7.55. The van der Waals surface area contributed by atoms with Crippen LogP contribution in [0.15, 0.2) is 4.52 Å². The molecule has 3 aromatic rings. The molecule has 29 heavy (non-hydrogen) atoms. The molecule has 1 saturated carbocycles. The topological polar surface area (TPSA) is 71.2 Å². The molecule has 7 nitrogen and oxygen atoms in total. The van der Waals surface area contributed by atoms with E-state index in [1.165, 1.54) is 54.6 Å². The summed E-state index contributed by atoms with van der Waals surface area (Å²) in [7, 11) is 0. The van der Waals surface area contributed by atoms with E-state index in [4.69, 9.17) is 14.5 Å². The Morgan fingerprint density at radius 1 is 1.03 bits per heavy atom. The fourth-order valence-electron chi connectivity index (χ4n) is 4.63. The summed E-state index contributed by atoms with van der Waals surface area (Å²) in [5.74, 6) is 4.28. The van der Waals surface area contributed by atoms with Gasteiger partial charge in [0.1, 0.15) is 16.5 Å². The summed E-state index contributed by atoms with van der Waals surface area (Å²) < 4.78 is 5.12. The summed E-state index contributed by atoms with van der Waals surface area (Å²) in [5.41, 5.74) is 1.54. The molecule has 8 heteroatoms. The number of hydrogen-bond acceptors (Lipinski definition) is 8. The summed E-state index contributed by atoms with van der Waals surface area (Å²) in [6, 6.07) is 0. The highest BCUT2D eigenvalue weighted by Crippen LogP contribution is 2.44. The number of rotatable bonds is 4. The van der Waals surface area contributed by atoms with Crippen LogP contribution in [-0.4, -0.2) is 51.2 Å². The highest BCUT2D eigenvalue weighted by molar-refractivity contribution is 7.19. The molecule has 2 aliphatic carbocycles. The minimum atomic E-state index is 0.583. The molecule has 6 rings (SSSR count). The molecule has 0 N–H and O–H groups in total. The van der Waals surface area contributed by atoms with E-state index in [0.717, 1.165) is 44.4 Å². The van der Waals surface area contributed by atoms with Gasteiger partial charge in [-0.05, 0) is 44.1 Å². The zero-order valence-corrected chi connectivity index (χ0v) is 17.7.